The molecular weight excluding hydrogens is 314 g/mol. The summed E-state index contributed by atoms with van der Waals surface area (Å²) in [4.78, 5) is 12.0. The van der Waals surface area contributed by atoms with Crippen LogP contribution in [0.1, 0.15) is 77.5 Å². The molecule has 0 aliphatic carbocycles. The molecule has 0 bridgehead atoms. The van der Waals surface area contributed by atoms with Crippen molar-refractivity contribution in [3.05, 3.63) is 28.8 Å². The number of carbonyl (C=O) groups excluding carboxylic acids is 1. The van der Waals surface area contributed by atoms with E-state index in [-0.39, 0.29) is 23.3 Å². The van der Waals surface area contributed by atoms with Crippen LogP contribution in [-0.2, 0) is 22.0 Å². The zero-order chi connectivity index (χ0) is 19.3. The van der Waals surface area contributed by atoms with Gasteiger partial charge in [-0.25, -0.2) is 0 Å². The molecule has 4 heteroatoms. The molecule has 1 amide bonds. The standard InChI is InChI=1S/C21H35NO3/c1-20(2,3)16-13-15(19(25)17(14-16)21(4,5)6)9-10-18(24)22-11-7-8-12-23/h13-14,23,25H,7-12H2,1-6H3,(H,22,24). The topological polar surface area (TPSA) is 69.6 Å². The van der Waals surface area contributed by atoms with E-state index in [1.807, 2.05) is 6.07 Å². The number of aryl methyl sites for hydroxylation is 1. The lowest BCUT2D eigenvalue weighted by Gasteiger charge is -2.27. The highest BCUT2D eigenvalue weighted by Gasteiger charge is 2.25. The van der Waals surface area contributed by atoms with E-state index in [4.69, 9.17) is 5.11 Å². The maximum absolute atomic E-state index is 12.0. The molecule has 0 fully saturated rings. The van der Waals surface area contributed by atoms with Gasteiger partial charge in [-0.15, -0.1) is 0 Å². The fraction of sp³-hybridized carbons (Fsp3) is 0.667. The van der Waals surface area contributed by atoms with Gasteiger partial charge in [-0.1, -0.05) is 53.7 Å². The van der Waals surface area contributed by atoms with Crippen molar-refractivity contribution in [2.24, 2.45) is 0 Å². The van der Waals surface area contributed by atoms with E-state index >= 15 is 0 Å². The number of hydrogen-bond donors (Lipinski definition) is 3. The largest absolute Gasteiger partial charge is 0.507 e. The summed E-state index contributed by atoms with van der Waals surface area (Å²) >= 11 is 0. The van der Waals surface area contributed by atoms with Crippen LogP contribution in [0.4, 0.5) is 0 Å². The molecule has 3 N–H and O–H groups in total. The maximum Gasteiger partial charge on any atom is 0.220 e. The van der Waals surface area contributed by atoms with Crippen LogP contribution in [0.15, 0.2) is 12.1 Å². The molecular formula is C21H35NO3. The minimum Gasteiger partial charge on any atom is -0.507 e. The molecule has 0 aliphatic heterocycles. The summed E-state index contributed by atoms with van der Waals surface area (Å²) in [6.45, 7) is 13.5. The Morgan fingerprint density at radius 1 is 1.04 bits per heavy atom. The van der Waals surface area contributed by atoms with Crippen LogP contribution in [-0.4, -0.2) is 29.3 Å². The highest BCUT2D eigenvalue weighted by molar-refractivity contribution is 5.76. The second kappa shape index (κ2) is 8.70. The molecule has 4 nitrogen and oxygen atoms in total. The average Bonchev–Trinajstić information content (AvgIpc) is 2.48. The van der Waals surface area contributed by atoms with E-state index in [0.29, 0.717) is 31.6 Å². The Morgan fingerprint density at radius 3 is 2.20 bits per heavy atom. The van der Waals surface area contributed by atoms with Gasteiger partial charge in [0.05, 0.1) is 0 Å². The van der Waals surface area contributed by atoms with E-state index in [2.05, 4.69) is 52.9 Å². The van der Waals surface area contributed by atoms with Crippen LogP contribution in [0.3, 0.4) is 0 Å². The lowest BCUT2D eigenvalue weighted by Crippen LogP contribution is -2.25. The number of aliphatic hydroxyl groups is 1. The Labute approximate surface area is 152 Å². The van der Waals surface area contributed by atoms with Gasteiger partial charge >= 0.3 is 0 Å². The first-order valence-corrected chi connectivity index (χ1v) is 9.21. The summed E-state index contributed by atoms with van der Waals surface area (Å²) in [7, 11) is 0. The fourth-order valence-corrected chi connectivity index (χ4v) is 2.69. The SMILES string of the molecule is CC(C)(C)c1cc(CCC(=O)NCCCCO)c(O)c(C(C)(C)C)c1. The van der Waals surface area contributed by atoms with E-state index in [0.717, 1.165) is 17.5 Å². The Bertz CT molecular complexity index is 580. The normalized spacial score (nSPS) is 12.3. The van der Waals surface area contributed by atoms with E-state index in [1.54, 1.807) is 0 Å². The molecule has 0 aromatic heterocycles. The van der Waals surface area contributed by atoms with E-state index in [9.17, 15) is 9.90 Å². The summed E-state index contributed by atoms with van der Waals surface area (Å²) in [5.74, 6) is 0.296. The van der Waals surface area contributed by atoms with Gasteiger partial charge in [0.15, 0.2) is 0 Å². The van der Waals surface area contributed by atoms with Crippen LogP contribution >= 0.6 is 0 Å². The van der Waals surface area contributed by atoms with Crippen molar-refractivity contribution in [3.63, 3.8) is 0 Å². The number of phenolic OH excluding ortho intramolecular Hbond substituents is 1. The Kier molecular flexibility index (Phi) is 7.48. The number of aliphatic hydroxyl groups excluding tert-OH is 1. The molecule has 1 aromatic rings. The minimum atomic E-state index is -0.160. The fourth-order valence-electron chi connectivity index (χ4n) is 2.69. The molecule has 0 spiro atoms. The summed E-state index contributed by atoms with van der Waals surface area (Å²) in [6.07, 6.45) is 2.35. The van der Waals surface area contributed by atoms with Crippen LogP contribution in [0.5, 0.6) is 5.75 Å². The number of aromatic hydroxyl groups is 1. The van der Waals surface area contributed by atoms with Gasteiger partial charge in [0.25, 0.3) is 0 Å². The van der Waals surface area contributed by atoms with E-state index in [1.165, 1.54) is 5.56 Å². The predicted molar refractivity (Wildman–Crippen MR) is 103 cm³/mol. The highest BCUT2D eigenvalue weighted by Crippen LogP contribution is 2.38. The minimum absolute atomic E-state index is 0.0178. The van der Waals surface area contributed by atoms with Crippen LogP contribution in [0, 0.1) is 0 Å². The van der Waals surface area contributed by atoms with Crippen molar-refractivity contribution in [2.75, 3.05) is 13.2 Å². The van der Waals surface area contributed by atoms with Crippen molar-refractivity contribution < 1.29 is 15.0 Å². The average molecular weight is 350 g/mol. The molecule has 0 unspecified atom stereocenters. The smallest absolute Gasteiger partial charge is 0.220 e. The number of benzene rings is 1. The van der Waals surface area contributed by atoms with E-state index < -0.39 is 0 Å². The third kappa shape index (κ3) is 6.69. The molecule has 0 heterocycles. The third-order valence-electron chi connectivity index (χ3n) is 4.39. The Hall–Kier alpha value is -1.55. The van der Waals surface area contributed by atoms with Gasteiger partial charge in [0, 0.05) is 19.6 Å². The van der Waals surface area contributed by atoms with Gasteiger partial charge in [-0.05, 0) is 46.8 Å². The summed E-state index contributed by atoms with van der Waals surface area (Å²) < 4.78 is 0. The van der Waals surface area contributed by atoms with Gasteiger partial charge in [0.2, 0.25) is 5.91 Å². The van der Waals surface area contributed by atoms with Crippen LogP contribution in [0.25, 0.3) is 0 Å². The summed E-state index contributed by atoms with van der Waals surface area (Å²) in [5, 5.41) is 22.3. The third-order valence-corrected chi connectivity index (χ3v) is 4.39. The molecule has 1 rings (SSSR count). The van der Waals surface area contributed by atoms with Gasteiger partial charge in [-0.2, -0.15) is 0 Å². The van der Waals surface area contributed by atoms with Gasteiger partial charge < -0.3 is 15.5 Å². The number of phenols is 1. The molecule has 0 saturated carbocycles. The van der Waals surface area contributed by atoms with Gasteiger partial charge in [0.1, 0.15) is 5.75 Å². The number of carbonyl (C=O) groups is 1. The molecule has 0 saturated heterocycles. The Balaban J connectivity index is 2.93. The zero-order valence-corrected chi connectivity index (χ0v) is 16.7. The molecule has 0 aliphatic rings. The lowest BCUT2D eigenvalue weighted by atomic mass is 9.78. The second-order valence-corrected chi connectivity index (χ2v) is 8.81. The van der Waals surface area contributed by atoms with Crippen molar-refractivity contribution >= 4 is 5.91 Å². The second-order valence-electron chi connectivity index (χ2n) is 8.81. The van der Waals surface area contributed by atoms with Gasteiger partial charge in [-0.3, -0.25) is 4.79 Å². The van der Waals surface area contributed by atoms with Crippen molar-refractivity contribution in [1.82, 2.24) is 5.32 Å². The molecule has 25 heavy (non-hydrogen) atoms. The molecule has 0 radical (unpaired) electrons. The van der Waals surface area contributed by atoms with Crippen LogP contribution in [0.2, 0.25) is 0 Å². The number of hydrogen-bond acceptors (Lipinski definition) is 3. The summed E-state index contributed by atoms with van der Waals surface area (Å²) in [5.41, 5.74) is 2.76. The lowest BCUT2D eigenvalue weighted by molar-refractivity contribution is -0.121. The first kappa shape index (κ1) is 21.5. The van der Waals surface area contributed by atoms with Crippen LogP contribution < -0.4 is 5.32 Å². The number of amides is 1. The first-order chi connectivity index (χ1) is 11.5. The number of nitrogens with one attached hydrogen (secondary N) is 1. The zero-order valence-electron chi connectivity index (χ0n) is 16.7. The Morgan fingerprint density at radius 2 is 1.68 bits per heavy atom. The maximum atomic E-state index is 12.0. The number of rotatable bonds is 7. The predicted octanol–water partition coefficient (Wildman–Crippen LogP) is 3.81. The monoisotopic (exact) mass is 349 g/mol. The van der Waals surface area contributed by atoms with Crippen molar-refractivity contribution in [3.8, 4) is 5.75 Å². The quantitative estimate of drug-likeness (QED) is 0.656. The molecule has 142 valence electrons. The molecule has 0 atom stereocenters. The highest BCUT2D eigenvalue weighted by atomic mass is 16.3. The summed E-state index contributed by atoms with van der Waals surface area (Å²) in [6, 6.07) is 4.12. The van der Waals surface area contributed by atoms with Crippen molar-refractivity contribution in [1.29, 1.82) is 0 Å². The number of unbranched alkanes of at least 4 members (excludes halogenated alkanes) is 1. The first-order valence-electron chi connectivity index (χ1n) is 9.21. The molecule has 1 aromatic carbocycles. The van der Waals surface area contributed by atoms with Crippen molar-refractivity contribution in [2.45, 2.75) is 78.1 Å².